The minimum Gasteiger partial charge on any atom is -0.324 e. The van der Waals surface area contributed by atoms with Crippen LogP contribution in [0.4, 0.5) is 8.78 Å². The third kappa shape index (κ3) is 2.42. The standard InChI is InChI=1S/C12H13F2N/c13-10-4-9(5-11(14)7-10)8-2-1-3-12(15)6-8/h4-7,12H,1-3,15H2. The maximum absolute atomic E-state index is 13.0. The summed E-state index contributed by atoms with van der Waals surface area (Å²) in [5.74, 6) is -1.07. The number of hydrogen-bond donors (Lipinski definition) is 1. The Balaban J connectivity index is 2.36. The van der Waals surface area contributed by atoms with E-state index in [1.54, 1.807) is 0 Å². The number of halogens is 2. The minimum atomic E-state index is -0.537. The Morgan fingerprint density at radius 2 is 1.80 bits per heavy atom. The highest BCUT2D eigenvalue weighted by Gasteiger charge is 2.12. The van der Waals surface area contributed by atoms with Gasteiger partial charge < -0.3 is 5.73 Å². The first-order valence-corrected chi connectivity index (χ1v) is 5.08. The second kappa shape index (κ2) is 4.11. The van der Waals surface area contributed by atoms with Gasteiger partial charge in [-0.3, -0.25) is 0 Å². The van der Waals surface area contributed by atoms with Crippen LogP contribution in [-0.2, 0) is 0 Å². The fourth-order valence-electron chi connectivity index (χ4n) is 1.93. The lowest BCUT2D eigenvalue weighted by atomic mass is 9.91. The van der Waals surface area contributed by atoms with Crippen LogP contribution in [0.2, 0.25) is 0 Å². The van der Waals surface area contributed by atoms with E-state index in [9.17, 15) is 8.78 Å². The predicted octanol–water partition coefficient (Wildman–Crippen LogP) is 2.86. The van der Waals surface area contributed by atoms with Crippen molar-refractivity contribution in [2.75, 3.05) is 0 Å². The third-order valence-electron chi connectivity index (χ3n) is 2.63. The van der Waals surface area contributed by atoms with Crippen molar-refractivity contribution < 1.29 is 8.78 Å². The largest absolute Gasteiger partial charge is 0.324 e. The van der Waals surface area contributed by atoms with E-state index in [4.69, 9.17) is 5.73 Å². The number of hydrogen-bond acceptors (Lipinski definition) is 1. The van der Waals surface area contributed by atoms with Gasteiger partial charge in [0.05, 0.1) is 0 Å². The molecule has 2 N–H and O–H groups in total. The van der Waals surface area contributed by atoms with E-state index in [0.29, 0.717) is 5.56 Å². The molecule has 0 saturated heterocycles. The fourth-order valence-corrected chi connectivity index (χ4v) is 1.93. The highest BCUT2D eigenvalue weighted by atomic mass is 19.1. The van der Waals surface area contributed by atoms with Crippen molar-refractivity contribution in [2.45, 2.75) is 25.3 Å². The summed E-state index contributed by atoms with van der Waals surface area (Å²) < 4.78 is 26.0. The lowest BCUT2D eigenvalue weighted by Crippen LogP contribution is -2.20. The van der Waals surface area contributed by atoms with Crippen molar-refractivity contribution in [2.24, 2.45) is 5.73 Å². The van der Waals surface area contributed by atoms with Crippen molar-refractivity contribution in [3.63, 3.8) is 0 Å². The molecule has 0 saturated carbocycles. The molecule has 1 aromatic rings. The monoisotopic (exact) mass is 209 g/mol. The molecular formula is C12H13F2N. The van der Waals surface area contributed by atoms with Crippen molar-refractivity contribution in [1.82, 2.24) is 0 Å². The molecular weight excluding hydrogens is 196 g/mol. The van der Waals surface area contributed by atoms with Crippen molar-refractivity contribution in [1.29, 1.82) is 0 Å². The average molecular weight is 209 g/mol. The first-order valence-electron chi connectivity index (χ1n) is 5.08. The summed E-state index contributed by atoms with van der Waals surface area (Å²) in [7, 11) is 0. The van der Waals surface area contributed by atoms with E-state index >= 15 is 0 Å². The van der Waals surface area contributed by atoms with Crippen molar-refractivity contribution >= 4 is 5.57 Å². The van der Waals surface area contributed by atoms with E-state index in [1.807, 2.05) is 6.08 Å². The Kier molecular flexibility index (Phi) is 2.82. The molecule has 1 unspecified atom stereocenters. The third-order valence-corrected chi connectivity index (χ3v) is 2.63. The van der Waals surface area contributed by atoms with E-state index in [2.05, 4.69) is 0 Å². The Labute approximate surface area is 87.6 Å². The molecule has 0 heterocycles. The molecule has 1 aliphatic rings. The zero-order valence-electron chi connectivity index (χ0n) is 8.34. The molecule has 0 aromatic heterocycles. The predicted molar refractivity (Wildman–Crippen MR) is 56.2 cm³/mol. The second-order valence-electron chi connectivity index (χ2n) is 3.91. The van der Waals surface area contributed by atoms with Crippen LogP contribution in [0.5, 0.6) is 0 Å². The molecule has 0 bridgehead atoms. The van der Waals surface area contributed by atoms with E-state index in [1.165, 1.54) is 12.1 Å². The van der Waals surface area contributed by atoms with Crippen LogP contribution in [0, 0.1) is 11.6 Å². The second-order valence-corrected chi connectivity index (χ2v) is 3.91. The van der Waals surface area contributed by atoms with Crippen molar-refractivity contribution in [3.05, 3.63) is 41.5 Å². The summed E-state index contributed by atoms with van der Waals surface area (Å²) in [6.45, 7) is 0. The van der Waals surface area contributed by atoms with Crippen LogP contribution in [0.3, 0.4) is 0 Å². The first kappa shape index (κ1) is 10.3. The minimum absolute atomic E-state index is 0.0140. The maximum atomic E-state index is 13.0. The summed E-state index contributed by atoms with van der Waals surface area (Å²) in [6, 6.07) is 3.60. The number of nitrogens with two attached hydrogens (primary N) is 1. The summed E-state index contributed by atoms with van der Waals surface area (Å²) in [4.78, 5) is 0. The summed E-state index contributed by atoms with van der Waals surface area (Å²) in [5, 5.41) is 0. The smallest absolute Gasteiger partial charge is 0.126 e. The maximum Gasteiger partial charge on any atom is 0.126 e. The summed E-state index contributed by atoms with van der Waals surface area (Å²) in [6.07, 6.45) is 4.67. The van der Waals surface area contributed by atoms with Gasteiger partial charge in [0, 0.05) is 12.1 Å². The molecule has 0 amide bonds. The zero-order chi connectivity index (χ0) is 10.8. The fraction of sp³-hybridized carbons (Fsp3) is 0.333. The van der Waals surface area contributed by atoms with Gasteiger partial charge in [0.2, 0.25) is 0 Å². The van der Waals surface area contributed by atoms with Gasteiger partial charge in [0.1, 0.15) is 11.6 Å². The lowest BCUT2D eigenvalue weighted by molar-refractivity contribution is 0.581. The Bertz CT molecular complexity index is 378. The van der Waals surface area contributed by atoms with Gasteiger partial charge in [0.25, 0.3) is 0 Å². The topological polar surface area (TPSA) is 26.0 Å². The molecule has 1 aliphatic carbocycles. The quantitative estimate of drug-likeness (QED) is 0.756. The summed E-state index contributed by atoms with van der Waals surface area (Å²) >= 11 is 0. The number of benzene rings is 1. The van der Waals surface area contributed by atoms with Crippen LogP contribution in [-0.4, -0.2) is 6.04 Å². The molecule has 1 aromatic carbocycles. The van der Waals surface area contributed by atoms with E-state index in [0.717, 1.165) is 30.9 Å². The molecule has 1 nitrogen and oxygen atoms in total. The zero-order valence-corrected chi connectivity index (χ0v) is 8.34. The molecule has 0 spiro atoms. The van der Waals surface area contributed by atoms with Gasteiger partial charge in [-0.1, -0.05) is 6.08 Å². The SMILES string of the molecule is NC1C=C(c2cc(F)cc(F)c2)CCC1. The van der Waals surface area contributed by atoms with Gasteiger partial charge >= 0.3 is 0 Å². The van der Waals surface area contributed by atoms with Gasteiger partial charge in [0.15, 0.2) is 0 Å². The Morgan fingerprint density at radius 1 is 1.13 bits per heavy atom. The summed E-state index contributed by atoms with van der Waals surface area (Å²) in [5.41, 5.74) is 7.34. The molecule has 2 rings (SSSR count). The molecule has 15 heavy (non-hydrogen) atoms. The number of rotatable bonds is 1. The molecule has 0 aliphatic heterocycles. The van der Waals surface area contributed by atoms with Gasteiger partial charge in [-0.15, -0.1) is 0 Å². The number of allylic oxidation sites excluding steroid dienone is 1. The molecule has 0 radical (unpaired) electrons. The van der Waals surface area contributed by atoms with Crippen LogP contribution in [0.25, 0.3) is 5.57 Å². The van der Waals surface area contributed by atoms with Crippen LogP contribution in [0.15, 0.2) is 24.3 Å². The molecule has 3 heteroatoms. The van der Waals surface area contributed by atoms with Crippen LogP contribution in [0.1, 0.15) is 24.8 Å². The highest BCUT2D eigenvalue weighted by Crippen LogP contribution is 2.27. The Hall–Kier alpha value is -1.22. The van der Waals surface area contributed by atoms with Gasteiger partial charge in [-0.25, -0.2) is 8.78 Å². The van der Waals surface area contributed by atoms with E-state index < -0.39 is 11.6 Å². The van der Waals surface area contributed by atoms with Crippen LogP contribution >= 0.6 is 0 Å². The average Bonchev–Trinajstić information content (AvgIpc) is 2.16. The first-order chi connectivity index (χ1) is 7.15. The van der Waals surface area contributed by atoms with Gasteiger partial charge in [-0.2, -0.15) is 0 Å². The molecule has 0 fully saturated rings. The Morgan fingerprint density at radius 3 is 2.40 bits per heavy atom. The van der Waals surface area contributed by atoms with Gasteiger partial charge in [-0.05, 0) is 42.5 Å². The van der Waals surface area contributed by atoms with Crippen LogP contribution < -0.4 is 5.73 Å². The highest BCUT2D eigenvalue weighted by molar-refractivity contribution is 5.67. The van der Waals surface area contributed by atoms with E-state index in [-0.39, 0.29) is 6.04 Å². The lowest BCUT2D eigenvalue weighted by Gasteiger charge is -2.18. The van der Waals surface area contributed by atoms with Crippen molar-refractivity contribution in [3.8, 4) is 0 Å². The molecule has 1 atom stereocenters. The normalized spacial score (nSPS) is 21.3. The molecule has 80 valence electrons.